The lowest BCUT2D eigenvalue weighted by Crippen LogP contribution is -2.51. The molecule has 0 spiro atoms. The van der Waals surface area contributed by atoms with Crippen molar-refractivity contribution in [3.8, 4) is 5.75 Å². The molecule has 0 aliphatic carbocycles. The third kappa shape index (κ3) is 4.65. The first-order valence-electron chi connectivity index (χ1n) is 9.75. The number of benzene rings is 2. The first kappa shape index (κ1) is 21.8. The summed E-state index contributed by atoms with van der Waals surface area (Å²) in [6.45, 7) is 1.75. The summed E-state index contributed by atoms with van der Waals surface area (Å²) in [6, 6.07) is 13.1. The SMILES string of the molecule is COc1ccc(C(C(=O)c2ccc(Cl)cc2)C2CC(C(=O)O)CCN2C(C)=O)cc1. The predicted molar refractivity (Wildman–Crippen MR) is 113 cm³/mol. The van der Waals surface area contributed by atoms with Crippen molar-refractivity contribution in [2.24, 2.45) is 5.92 Å². The average molecular weight is 430 g/mol. The topological polar surface area (TPSA) is 83.9 Å². The maximum absolute atomic E-state index is 13.6. The number of carboxylic acids is 1. The van der Waals surface area contributed by atoms with E-state index in [4.69, 9.17) is 16.3 Å². The summed E-state index contributed by atoms with van der Waals surface area (Å²) in [5.74, 6) is -1.93. The summed E-state index contributed by atoms with van der Waals surface area (Å²) in [6.07, 6.45) is 0.584. The molecule has 30 heavy (non-hydrogen) atoms. The van der Waals surface area contributed by atoms with Crippen molar-refractivity contribution in [2.75, 3.05) is 13.7 Å². The van der Waals surface area contributed by atoms with Crippen LogP contribution in [0.3, 0.4) is 0 Å². The molecular weight excluding hydrogens is 406 g/mol. The molecule has 3 unspecified atom stereocenters. The van der Waals surface area contributed by atoms with E-state index in [1.54, 1.807) is 60.5 Å². The second-order valence-corrected chi connectivity index (χ2v) is 7.90. The van der Waals surface area contributed by atoms with Gasteiger partial charge < -0.3 is 14.7 Å². The number of ether oxygens (including phenoxy) is 1. The van der Waals surface area contributed by atoms with Gasteiger partial charge in [-0.05, 0) is 54.8 Å². The Morgan fingerprint density at radius 1 is 1.10 bits per heavy atom. The van der Waals surface area contributed by atoms with Crippen molar-refractivity contribution in [3.63, 3.8) is 0 Å². The Hall–Kier alpha value is -2.86. The molecule has 1 heterocycles. The smallest absolute Gasteiger partial charge is 0.306 e. The monoisotopic (exact) mass is 429 g/mol. The van der Waals surface area contributed by atoms with Crippen LogP contribution in [0.2, 0.25) is 5.02 Å². The number of halogens is 1. The molecule has 3 rings (SSSR count). The van der Waals surface area contributed by atoms with E-state index in [2.05, 4.69) is 0 Å². The number of piperidine rings is 1. The van der Waals surface area contributed by atoms with Gasteiger partial charge in [-0.2, -0.15) is 0 Å². The molecule has 1 amide bonds. The van der Waals surface area contributed by atoms with Gasteiger partial charge in [0, 0.05) is 30.1 Å². The standard InChI is InChI=1S/C23H24ClNO5/c1-14(26)25-12-11-17(23(28)29)13-20(25)21(15-5-9-19(30-2)10-6-15)22(27)16-3-7-18(24)8-4-16/h3-10,17,20-21H,11-13H2,1-2H3,(H,28,29). The number of hydrogen-bond donors (Lipinski definition) is 1. The van der Waals surface area contributed by atoms with E-state index in [-0.39, 0.29) is 18.1 Å². The second-order valence-electron chi connectivity index (χ2n) is 7.46. The van der Waals surface area contributed by atoms with Crippen LogP contribution in [0.5, 0.6) is 5.75 Å². The maximum atomic E-state index is 13.6. The van der Waals surface area contributed by atoms with Crippen molar-refractivity contribution >= 4 is 29.3 Å². The Bertz CT molecular complexity index is 926. The Kier molecular flexibility index (Phi) is 6.77. The molecule has 0 bridgehead atoms. The van der Waals surface area contributed by atoms with Crippen LogP contribution in [0.1, 0.15) is 41.6 Å². The lowest BCUT2D eigenvalue weighted by molar-refractivity contribution is -0.147. The number of hydrogen-bond acceptors (Lipinski definition) is 4. The second kappa shape index (κ2) is 9.30. The molecule has 0 saturated carbocycles. The summed E-state index contributed by atoms with van der Waals surface area (Å²) >= 11 is 5.97. The lowest BCUT2D eigenvalue weighted by atomic mass is 9.77. The molecular formula is C23H24ClNO5. The molecule has 1 saturated heterocycles. The minimum Gasteiger partial charge on any atom is -0.497 e. The third-order valence-electron chi connectivity index (χ3n) is 5.67. The minimum atomic E-state index is -0.907. The highest BCUT2D eigenvalue weighted by molar-refractivity contribution is 6.30. The highest BCUT2D eigenvalue weighted by Crippen LogP contribution is 2.36. The van der Waals surface area contributed by atoms with Gasteiger partial charge in [-0.25, -0.2) is 0 Å². The zero-order valence-electron chi connectivity index (χ0n) is 16.9. The number of nitrogens with zero attached hydrogens (tertiary/aromatic N) is 1. The van der Waals surface area contributed by atoms with E-state index >= 15 is 0 Å². The summed E-state index contributed by atoms with van der Waals surface area (Å²) in [7, 11) is 1.56. The van der Waals surface area contributed by atoms with Crippen LogP contribution < -0.4 is 4.74 Å². The number of likely N-dealkylation sites (tertiary alicyclic amines) is 1. The van der Waals surface area contributed by atoms with E-state index in [9.17, 15) is 19.5 Å². The van der Waals surface area contributed by atoms with Gasteiger partial charge in [0.25, 0.3) is 0 Å². The van der Waals surface area contributed by atoms with Gasteiger partial charge >= 0.3 is 5.97 Å². The van der Waals surface area contributed by atoms with Crippen molar-refractivity contribution in [2.45, 2.75) is 31.7 Å². The summed E-state index contributed by atoms with van der Waals surface area (Å²) in [5, 5.41) is 10.1. The largest absolute Gasteiger partial charge is 0.497 e. The van der Waals surface area contributed by atoms with Crippen LogP contribution >= 0.6 is 11.6 Å². The molecule has 2 aromatic rings. The molecule has 1 aliphatic rings. The van der Waals surface area contributed by atoms with Crippen LogP contribution in [0.4, 0.5) is 0 Å². The van der Waals surface area contributed by atoms with Crippen LogP contribution in [-0.4, -0.2) is 47.4 Å². The normalized spacial score (nSPS) is 19.8. The van der Waals surface area contributed by atoms with Crippen molar-refractivity contribution in [1.82, 2.24) is 4.90 Å². The first-order chi connectivity index (χ1) is 14.3. The predicted octanol–water partition coefficient (Wildman–Crippen LogP) is 4.03. The van der Waals surface area contributed by atoms with Crippen molar-refractivity contribution in [3.05, 3.63) is 64.7 Å². The molecule has 7 heteroatoms. The molecule has 1 fully saturated rings. The minimum absolute atomic E-state index is 0.175. The zero-order valence-corrected chi connectivity index (χ0v) is 17.6. The quantitative estimate of drug-likeness (QED) is 0.701. The summed E-state index contributed by atoms with van der Waals surface area (Å²) in [5.41, 5.74) is 1.17. The number of carbonyl (C=O) groups is 3. The fourth-order valence-corrected chi connectivity index (χ4v) is 4.21. The van der Waals surface area contributed by atoms with Gasteiger partial charge in [0.15, 0.2) is 5.78 Å². The number of Topliss-reactive ketones (excluding diaryl/α,β-unsaturated/α-hetero) is 1. The number of amides is 1. The number of ketones is 1. The third-order valence-corrected chi connectivity index (χ3v) is 5.92. The van der Waals surface area contributed by atoms with Crippen LogP contribution in [0, 0.1) is 5.92 Å². The van der Waals surface area contributed by atoms with Crippen LogP contribution in [0.25, 0.3) is 0 Å². The van der Waals surface area contributed by atoms with Gasteiger partial charge in [-0.15, -0.1) is 0 Å². The van der Waals surface area contributed by atoms with Gasteiger partial charge in [0.2, 0.25) is 5.91 Å². The van der Waals surface area contributed by atoms with E-state index in [1.165, 1.54) is 6.92 Å². The van der Waals surface area contributed by atoms with Crippen LogP contribution in [0.15, 0.2) is 48.5 Å². The zero-order chi connectivity index (χ0) is 21.8. The van der Waals surface area contributed by atoms with E-state index in [0.717, 1.165) is 0 Å². The number of carbonyl (C=O) groups excluding carboxylic acids is 2. The molecule has 0 aromatic heterocycles. The Morgan fingerprint density at radius 3 is 2.27 bits per heavy atom. The number of methoxy groups -OCH3 is 1. The lowest BCUT2D eigenvalue weighted by Gasteiger charge is -2.41. The van der Waals surface area contributed by atoms with Crippen LogP contribution in [-0.2, 0) is 9.59 Å². The van der Waals surface area contributed by atoms with Gasteiger partial charge in [0.1, 0.15) is 5.75 Å². The first-order valence-corrected chi connectivity index (χ1v) is 10.1. The highest BCUT2D eigenvalue weighted by Gasteiger charge is 2.41. The van der Waals surface area contributed by atoms with E-state index in [0.29, 0.717) is 34.9 Å². The number of aliphatic carboxylic acids is 1. The maximum Gasteiger partial charge on any atom is 0.306 e. The van der Waals surface area contributed by atoms with E-state index < -0.39 is 23.8 Å². The van der Waals surface area contributed by atoms with Crippen molar-refractivity contribution < 1.29 is 24.2 Å². The molecule has 6 nitrogen and oxygen atoms in total. The average Bonchev–Trinajstić information content (AvgIpc) is 2.74. The van der Waals surface area contributed by atoms with Gasteiger partial charge in [-0.1, -0.05) is 23.7 Å². The number of rotatable bonds is 6. The Balaban J connectivity index is 2.07. The van der Waals surface area contributed by atoms with Gasteiger partial charge in [0.05, 0.1) is 18.9 Å². The number of carboxylic acid groups (broad SMARTS) is 1. The van der Waals surface area contributed by atoms with E-state index in [1.807, 2.05) is 0 Å². The molecule has 0 radical (unpaired) electrons. The summed E-state index contributed by atoms with van der Waals surface area (Å²) in [4.78, 5) is 39.3. The van der Waals surface area contributed by atoms with Crippen molar-refractivity contribution in [1.29, 1.82) is 0 Å². The molecule has 1 N–H and O–H groups in total. The molecule has 3 atom stereocenters. The molecule has 158 valence electrons. The fraction of sp³-hybridized carbons (Fsp3) is 0.348. The molecule has 2 aromatic carbocycles. The fourth-order valence-electron chi connectivity index (χ4n) is 4.08. The highest BCUT2D eigenvalue weighted by atomic mass is 35.5. The Labute approximate surface area is 180 Å². The summed E-state index contributed by atoms with van der Waals surface area (Å²) < 4.78 is 5.22. The van der Waals surface area contributed by atoms with Gasteiger partial charge in [-0.3, -0.25) is 14.4 Å². The molecule has 1 aliphatic heterocycles. The Morgan fingerprint density at radius 2 is 1.73 bits per heavy atom.